The van der Waals surface area contributed by atoms with Crippen molar-refractivity contribution in [1.82, 2.24) is 20.2 Å². The molecule has 0 unspecified atom stereocenters. The van der Waals surface area contributed by atoms with E-state index in [4.69, 9.17) is 18.9 Å². The number of anilines is 1. The number of rotatable bonds is 7. The second-order valence-corrected chi connectivity index (χ2v) is 9.42. The molecule has 2 fully saturated rings. The van der Waals surface area contributed by atoms with Crippen LogP contribution >= 0.6 is 0 Å². The molecule has 6 rings (SSSR count). The molecule has 0 radical (unpaired) electrons. The van der Waals surface area contributed by atoms with E-state index < -0.39 is 30.4 Å². The minimum Gasteiger partial charge on any atom is -0.462 e. The second-order valence-electron chi connectivity index (χ2n) is 9.42. The first-order valence-electron chi connectivity index (χ1n) is 13.0. The highest BCUT2D eigenvalue weighted by atomic mass is 16.6. The van der Waals surface area contributed by atoms with E-state index in [1.807, 2.05) is 42.5 Å². The van der Waals surface area contributed by atoms with Crippen LogP contribution in [0.15, 0.2) is 78.9 Å². The Balaban J connectivity index is 1.11. The van der Waals surface area contributed by atoms with Crippen molar-refractivity contribution >= 4 is 17.7 Å². The normalized spacial score (nSPS) is 21.5. The SMILES string of the molecule is CCOC(=O)c1cccc(NC(=O)O[C@@H]2CO[C@H]3[C@@H]2OC[C@@H]3n2nnnc2-c2ccc(-c3ccccc3)cc2)c1. The summed E-state index contributed by atoms with van der Waals surface area (Å²) in [7, 11) is 0. The van der Waals surface area contributed by atoms with Crippen molar-refractivity contribution in [2.75, 3.05) is 25.1 Å². The lowest BCUT2D eigenvalue weighted by atomic mass is 10.0. The van der Waals surface area contributed by atoms with E-state index in [-0.39, 0.29) is 19.3 Å². The largest absolute Gasteiger partial charge is 0.462 e. The van der Waals surface area contributed by atoms with Crippen molar-refractivity contribution in [1.29, 1.82) is 0 Å². The van der Waals surface area contributed by atoms with Crippen molar-refractivity contribution < 1.29 is 28.5 Å². The number of nitrogens with one attached hydrogen (secondary N) is 1. The summed E-state index contributed by atoms with van der Waals surface area (Å²) in [6.45, 7) is 2.47. The molecule has 4 aromatic rings. The lowest BCUT2D eigenvalue weighted by Crippen LogP contribution is -2.35. The minimum atomic E-state index is -0.677. The van der Waals surface area contributed by atoms with Gasteiger partial charge in [-0.2, -0.15) is 0 Å². The van der Waals surface area contributed by atoms with E-state index >= 15 is 0 Å². The van der Waals surface area contributed by atoms with Crippen LogP contribution in [0.3, 0.4) is 0 Å². The monoisotopic (exact) mass is 541 g/mol. The first kappa shape index (κ1) is 25.7. The van der Waals surface area contributed by atoms with Crippen LogP contribution in [0, 0.1) is 0 Å². The summed E-state index contributed by atoms with van der Waals surface area (Å²) in [4.78, 5) is 24.6. The average Bonchev–Trinajstić information content (AvgIpc) is 3.72. The van der Waals surface area contributed by atoms with Gasteiger partial charge < -0.3 is 18.9 Å². The number of fused-ring (bicyclic) bond motifs is 1. The summed E-state index contributed by atoms with van der Waals surface area (Å²) in [5.41, 5.74) is 3.83. The maximum Gasteiger partial charge on any atom is 0.412 e. The molecule has 2 aliphatic rings. The number of hydrogen-bond acceptors (Lipinski definition) is 9. The predicted octanol–water partition coefficient (Wildman–Crippen LogP) is 4.14. The Morgan fingerprint density at radius 2 is 1.68 bits per heavy atom. The maximum absolute atomic E-state index is 12.6. The number of tetrazole rings is 1. The highest BCUT2D eigenvalue weighted by molar-refractivity contribution is 5.92. The van der Waals surface area contributed by atoms with E-state index in [2.05, 4.69) is 33.0 Å². The van der Waals surface area contributed by atoms with Crippen LogP contribution in [-0.2, 0) is 18.9 Å². The van der Waals surface area contributed by atoms with Crippen LogP contribution < -0.4 is 5.32 Å². The van der Waals surface area contributed by atoms with Crippen molar-refractivity contribution in [3.63, 3.8) is 0 Å². The van der Waals surface area contributed by atoms with E-state index in [1.54, 1.807) is 29.8 Å². The van der Waals surface area contributed by atoms with Crippen LogP contribution in [0.1, 0.15) is 23.3 Å². The van der Waals surface area contributed by atoms with E-state index in [9.17, 15) is 9.59 Å². The topological polar surface area (TPSA) is 127 Å². The molecule has 3 aromatic carbocycles. The summed E-state index contributed by atoms with van der Waals surface area (Å²) in [5, 5.41) is 15.0. The molecule has 1 aromatic heterocycles. The number of carbonyl (C=O) groups is 2. The Kier molecular flexibility index (Phi) is 7.21. The predicted molar refractivity (Wildman–Crippen MR) is 143 cm³/mol. The van der Waals surface area contributed by atoms with Gasteiger partial charge in [-0.05, 0) is 46.7 Å². The zero-order chi connectivity index (χ0) is 27.5. The van der Waals surface area contributed by atoms with Gasteiger partial charge in [0, 0.05) is 11.3 Å². The van der Waals surface area contributed by atoms with E-state index in [0.717, 1.165) is 16.7 Å². The third kappa shape index (κ3) is 5.16. The summed E-state index contributed by atoms with van der Waals surface area (Å²) < 4.78 is 24.4. The molecule has 0 saturated carbocycles. The first-order valence-corrected chi connectivity index (χ1v) is 13.0. The van der Waals surface area contributed by atoms with Gasteiger partial charge in [-0.3, -0.25) is 5.32 Å². The number of benzene rings is 3. The van der Waals surface area contributed by atoms with Gasteiger partial charge in [0.05, 0.1) is 25.4 Å². The molecule has 1 N–H and O–H groups in total. The van der Waals surface area contributed by atoms with Gasteiger partial charge in [0.1, 0.15) is 18.2 Å². The Bertz CT molecular complexity index is 1490. The zero-order valence-corrected chi connectivity index (χ0v) is 21.7. The highest BCUT2D eigenvalue weighted by Gasteiger charge is 2.51. The van der Waals surface area contributed by atoms with Gasteiger partial charge in [0.15, 0.2) is 11.9 Å². The lowest BCUT2D eigenvalue weighted by molar-refractivity contribution is 0.00774. The van der Waals surface area contributed by atoms with E-state index in [1.165, 1.54) is 6.07 Å². The Hall–Kier alpha value is -4.61. The molecule has 0 spiro atoms. The number of amides is 1. The average molecular weight is 542 g/mol. The third-order valence-corrected chi connectivity index (χ3v) is 6.92. The van der Waals surface area contributed by atoms with Gasteiger partial charge >= 0.3 is 12.1 Å². The smallest absolute Gasteiger partial charge is 0.412 e. The highest BCUT2D eigenvalue weighted by Crippen LogP contribution is 2.37. The number of nitrogens with zero attached hydrogens (tertiary/aromatic N) is 4. The molecule has 204 valence electrons. The van der Waals surface area contributed by atoms with E-state index in [0.29, 0.717) is 23.7 Å². The molecule has 11 heteroatoms. The van der Waals surface area contributed by atoms with Crippen LogP contribution in [-0.4, -0.2) is 70.4 Å². The van der Waals surface area contributed by atoms with Crippen molar-refractivity contribution in [3.05, 3.63) is 84.4 Å². The summed E-state index contributed by atoms with van der Waals surface area (Å²) >= 11 is 0. The summed E-state index contributed by atoms with van der Waals surface area (Å²) in [5.74, 6) is 0.132. The number of carbonyl (C=O) groups excluding carboxylic acids is 2. The fourth-order valence-electron chi connectivity index (χ4n) is 5.03. The van der Waals surface area contributed by atoms with Crippen molar-refractivity contribution in [3.8, 4) is 22.5 Å². The van der Waals surface area contributed by atoms with Gasteiger partial charge in [0.2, 0.25) is 0 Å². The van der Waals surface area contributed by atoms with Gasteiger partial charge in [-0.25, -0.2) is 14.3 Å². The Morgan fingerprint density at radius 3 is 2.48 bits per heavy atom. The molecule has 3 heterocycles. The maximum atomic E-state index is 12.6. The third-order valence-electron chi connectivity index (χ3n) is 6.92. The number of esters is 1. The zero-order valence-electron chi connectivity index (χ0n) is 21.7. The Morgan fingerprint density at radius 1 is 0.925 bits per heavy atom. The van der Waals surface area contributed by atoms with Crippen LogP contribution in [0.2, 0.25) is 0 Å². The van der Waals surface area contributed by atoms with Gasteiger partial charge in [-0.15, -0.1) is 5.10 Å². The quantitative estimate of drug-likeness (QED) is 0.344. The molecule has 4 atom stereocenters. The molecular formula is C29H27N5O6. The fraction of sp³-hybridized carbons (Fsp3) is 0.276. The molecule has 11 nitrogen and oxygen atoms in total. The lowest BCUT2D eigenvalue weighted by Gasteiger charge is -2.18. The molecule has 2 saturated heterocycles. The second kappa shape index (κ2) is 11.2. The van der Waals surface area contributed by atoms with Crippen molar-refractivity contribution in [2.24, 2.45) is 0 Å². The molecule has 2 aliphatic heterocycles. The molecule has 0 bridgehead atoms. The fourth-order valence-corrected chi connectivity index (χ4v) is 5.03. The number of aromatic nitrogens is 4. The molecule has 0 aliphatic carbocycles. The minimum absolute atomic E-state index is 0.172. The number of hydrogen-bond donors (Lipinski definition) is 1. The first-order chi connectivity index (χ1) is 19.6. The molecular weight excluding hydrogens is 514 g/mol. The van der Waals surface area contributed by atoms with Crippen LogP contribution in [0.4, 0.5) is 10.5 Å². The summed E-state index contributed by atoms with van der Waals surface area (Å²) in [6, 6.07) is 24.3. The number of ether oxygens (including phenoxy) is 4. The van der Waals surface area contributed by atoms with Crippen LogP contribution in [0.5, 0.6) is 0 Å². The van der Waals surface area contributed by atoms with Crippen molar-refractivity contribution in [2.45, 2.75) is 31.3 Å². The summed E-state index contributed by atoms with van der Waals surface area (Å²) in [6.07, 6.45) is -2.16. The van der Waals surface area contributed by atoms with Gasteiger partial charge in [-0.1, -0.05) is 60.7 Å². The van der Waals surface area contributed by atoms with Crippen LogP contribution in [0.25, 0.3) is 22.5 Å². The van der Waals surface area contributed by atoms with Gasteiger partial charge in [0.25, 0.3) is 0 Å². The standard InChI is InChI=1S/C29H27N5O6/c1-2-37-28(35)21-9-6-10-22(15-21)30-29(36)40-24-17-39-25-23(16-38-26(24)25)34-27(31-32-33-34)20-13-11-19(12-14-20)18-7-4-3-5-8-18/h3-15,23-26H,2,16-17H2,1H3,(H,30,36)/t23-,24+,25+,26+/m0/s1. The molecule has 1 amide bonds. The molecule has 40 heavy (non-hydrogen) atoms. The Labute approximate surface area is 230 Å².